The second-order valence-corrected chi connectivity index (χ2v) is 3.63. The number of ether oxygens (including phenoxy) is 1. The summed E-state index contributed by atoms with van der Waals surface area (Å²) in [5.41, 5.74) is 2.40. The van der Waals surface area contributed by atoms with E-state index in [4.69, 9.17) is 10.6 Å². The van der Waals surface area contributed by atoms with E-state index in [-0.39, 0.29) is 23.6 Å². The van der Waals surface area contributed by atoms with Crippen molar-refractivity contribution >= 4 is 17.6 Å². The van der Waals surface area contributed by atoms with Crippen LogP contribution in [-0.2, 0) is 0 Å². The van der Waals surface area contributed by atoms with E-state index >= 15 is 0 Å². The molecule has 0 atom stereocenters. The quantitative estimate of drug-likeness (QED) is 0.565. The highest BCUT2D eigenvalue weighted by molar-refractivity contribution is 5.54. The molecule has 1 aromatic carbocycles. The van der Waals surface area contributed by atoms with Gasteiger partial charge in [-0.3, -0.25) is 5.43 Å². The molecule has 7 nitrogen and oxygen atoms in total. The molecule has 2 rings (SSSR count). The van der Waals surface area contributed by atoms with Crippen molar-refractivity contribution < 1.29 is 13.5 Å². The minimum Gasteiger partial charge on any atom is -0.464 e. The number of benzene rings is 1. The van der Waals surface area contributed by atoms with Crippen LogP contribution in [0.4, 0.5) is 26.4 Å². The normalized spacial score (nSPS) is 10.2. The Morgan fingerprint density at radius 3 is 2.35 bits per heavy atom. The minimum absolute atomic E-state index is 0.0369. The number of nitrogens with two attached hydrogens (primary N) is 1. The molecular weight excluding hydrogens is 270 g/mol. The van der Waals surface area contributed by atoms with Crippen LogP contribution in [0.3, 0.4) is 0 Å². The van der Waals surface area contributed by atoms with E-state index in [1.165, 1.54) is 0 Å². The van der Waals surface area contributed by atoms with Crippen LogP contribution in [0.1, 0.15) is 6.92 Å². The maximum absolute atomic E-state index is 13.1. The van der Waals surface area contributed by atoms with Gasteiger partial charge in [0.15, 0.2) is 0 Å². The van der Waals surface area contributed by atoms with E-state index in [2.05, 4.69) is 25.7 Å². The zero-order chi connectivity index (χ0) is 14.5. The van der Waals surface area contributed by atoms with E-state index in [1.807, 2.05) is 0 Å². The third kappa shape index (κ3) is 3.48. The number of halogens is 2. The fourth-order valence-electron chi connectivity index (χ4n) is 1.43. The topological polar surface area (TPSA) is 98.0 Å². The molecule has 0 aliphatic rings. The van der Waals surface area contributed by atoms with Gasteiger partial charge in [0.25, 0.3) is 0 Å². The Bertz CT molecular complexity index is 589. The fourth-order valence-corrected chi connectivity index (χ4v) is 1.43. The summed E-state index contributed by atoms with van der Waals surface area (Å²) in [5.74, 6) is 3.88. The Morgan fingerprint density at radius 1 is 1.10 bits per heavy atom. The van der Waals surface area contributed by atoms with Crippen molar-refractivity contribution in [3.63, 3.8) is 0 Å². The monoisotopic (exact) mass is 282 g/mol. The molecule has 1 aromatic heterocycles. The highest BCUT2D eigenvalue weighted by Crippen LogP contribution is 2.18. The van der Waals surface area contributed by atoms with Crippen molar-refractivity contribution in [3.05, 3.63) is 29.8 Å². The number of rotatable bonds is 5. The average molecular weight is 282 g/mol. The van der Waals surface area contributed by atoms with Gasteiger partial charge >= 0.3 is 6.01 Å². The van der Waals surface area contributed by atoms with Gasteiger partial charge in [0.1, 0.15) is 11.6 Å². The number of nitrogens with zero attached hydrogens (tertiary/aromatic N) is 3. The zero-order valence-electron chi connectivity index (χ0n) is 10.5. The highest BCUT2D eigenvalue weighted by Gasteiger charge is 2.08. The van der Waals surface area contributed by atoms with E-state index in [1.54, 1.807) is 6.92 Å². The minimum atomic E-state index is -0.719. The first-order valence-electron chi connectivity index (χ1n) is 5.69. The molecule has 0 aliphatic carbocycles. The number of nitrogen functional groups attached to an aromatic ring is 1. The third-order valence-electron chi connectivity index (χ3n) is 2.14. The van der Waals surface area contributed by atoms with Crippen molar-refractivity contribution in [2.24, 2.45) is 5.84 Å². The van der Waals surface area contributed by atoms with Gasteiger partial charge in [-0.25, -0.2) is 14.6 Å². The first-order chi connectivity index (χ1) is 9.60. The number of nitrogens with one attached hydrogen (secondary N) is 2. The lowest BCUT2D eigenvalue weighted by Crippen LogP contribution is -2.13. The fraction of sp³-hybridized carbons (Fsp3) is 0.182. The summed E-state index contributed by atoms with van der Waals surface area (Å²) < 4.78 is 31.3. The van der Waals surface area contributed by atoms with Crippen molar-refractivity contribution in [1.29, 1.82) is 0 Å². The number of hydrogen-bond acceptors (Lipinski definition) is 7. The summed E-state index contributed by atoms with van der Waals surface area (Å²) in [5, 5.41) is 2.64. The second-order valence-electron chi connectivity index (χ2n) is 3.63. The number of anilines is 3. The van der Waals surface area contributed by atoms with Gasteiger partial charge in [-0.1, -0.05) is 0 Å². The first kappa shape index (κ1) is 13.9. The van der Waals surface area contributed by atoms with Gasteiger partial charge in [0.05, 0.1) is 6.61 Å². The Morgan fingerprint density at radius 2 is 1.75 bits per heavy atom. The molecule has 2 aromatic rings. The van der Waals surface area contributed by atoms with Crippen LogP contribution in [0.2, 0.25) is 0 Å². The average Bonchev–Trinajstić information content (AvgIpc) is 2.37. The molecule has 0 amide bonds. The van der Waals surface area contributed by atoms with E-state index in [0.29, 0.717) is 6.61 Å². The second kappa shape index (κ2) is 6.06. The molecule has 0 unspecified atom stereocenters. The first-order valence-corrected chi connectivity index (χ1v) is 5.69. The smallest absolute Gasteiger partial charge is 0.323 e. The van der Waals surface area contributed by atoms with Crippen molar-refractivity contribution in [3.8, 4) is 6.01 Å². The summed E-state index contributed by atoms with van der Waals surface area (Å²) in [6, 6.07) is 3.00. The van der Waals surface area contributed by atoms with Gasteiger partial charge in [-0.15, -0.1) is 0 Å². The van der Waals surface area contributed by atoms with E-state index in [0.717, 1.165) is 18.2 Å². The van der Waals surface area contributed by atoms with Crippen LogP contribution in [0.25, 0.3) is 0 Å². The van der Waals surface area contributed by atoms with Crippen molar-refractivity contribution in [2.75, 3.05) is 17.3 Å². The maximum atomic E-state index is 13.1. The lowest BCUT2D eigenvalue weighted by Gasteiger charge is -2.08. The van der Waals surface area contributed by atoms with E-state index < -0.39 is 11.6 Å². The SMILES string of the molecule is CCOc1nc(NN)nc(Nc2cc(F)cc(F)c2)n1. The van der Waals surface area contributed by atoms with Gasteiger partial charge in [-0.2, -0.15) is 15.0 Å². The van der Waals surface area contributed by atoms with Gasteiger partial charge < -0.3 is 10.1 Å². The molecule has 4 N–H and O–H groups in total. The third-order valence-corrected chi connectivity index (χ3v) is 2.14. The molecule has 106 valence electrons. The lowest BCUT2D eigenvalue weighted by molar-refractivity contribution is 0.312. The molecule has 20 heavy (non-hydrogen) atoms. The van der Waals surface area contributed by atoms with Crippen molar-refractivity contribution in [1.82, 2.24) is 15.0 Å². The van der Waals surface area contributed by atoms with Gasteiger partial charge in [-0.05, 0) is 19.1 Å². The van der Waals surface area contributed by atoms with Crippen LogP contribution < -0.4 is 21.3 Å². The van der Waals surface area contributed by atoms with Gasteiger partial charge in [0, 0.05) is 11.8 Å². The van der Waals surface area contributed by atoms with E-state index in [9.17, 15) is 8.78 Å². The molecule has 0 fully saturated rings. The zero-order valence-corrected chi connectivity index (χ0v) is 10.5. The summed E-state index contributed by atoms with van der Waals surface area (Å²) in [4.78, 5) is 11.7. The lowest BCUT2D eigenvalue weighted by atomic mass is 10.3. The Labute approximate surface area is 113 Å². The summed E-state index contributed by atoms with van der Waals surface area (Å²) >= 11 is 0. The van der Waals surface area contributed by atoms with Gasteiger partial charge in [0.2, 0.25) is 11.9 Å². The molecule has 0 radical (unpaired) electrons. The molecule has 0 bridgehead atoms. The Kier molecular flexibility index (Phi) is 4.20. The Hall–Kier alpha value is -2.55. The maximum Gasteiger partial charge on any atom is 0.323 e. The van der Waals surface area contributed by atoms with Crippen LogP contribution in [0, 0.1) is 11.6 Å². The predicted octanol–water partition coefficient (Wildman–Crippen LogP) is 1.58. The number of hydrazine groups is 1. The van der Waals surface area contributed by atoms with Crippen LogP contribution in [-0.4, -0.2) is 21.6 Å². The largest absolute Gasteiger partial charge is 0.464 e. The number of hydrogen-bond donors (Lipinski definition) is 3. The highest BCUT2D eigenvalue weighted by atomic mass is 19.1. The Balaban J connectivity index is 2.29. The molecule has 0 saturated carbocycles. The molecule has 0 aliphatic heterocycles. The number of aromatic nitrogens is 3. The van der Waals surface area contributed by atoms with Crippen molar-refractivity contribution in [2.45, 2.75) is 6.92 Å². The molecule has 0 spiro atoms. The summed E-state index contributed by atoms with van der Waals surface area (Å²) in [6.07, 6.45) is 0. The predicted molar refractivity (Wildman–Crippen MR) is 68.4 cm³/mol. The van der Waals surface area contributed by atoms with Crippen LogP contribution >= 0.6 is 0 Å². The van der Waals surface area contributed by atoms with Crippen LogP contribution in [0.5, 0.6) is 6.01 Å². The standard InChI is InChI=1S/C11H12F2N6O/c1-2-20-11-17-9(16-10(18-11)19-14)15-8-4-6(12)3-7(13)5-8/h3-5H,2,14H2,1H3,(H2,15,16,17,18,19). The molecule has 0 saturated heterocycles. The molecule has 9 heteroatoms. The van der Waals surface area contributed by atoms with Crippen LogP contribution in [0.15, 0.2) is 18.2 Å². The molecule has 1 heterocycles. The molecular formula is C11H12F2N6O. The summed E-state index contributed by atoms with van der Waals surface area (Å²) in [7, 11) is 0. The summed E-state index contributed by atoms with van der Waals surface area (Å²) in [6.45, 7) is 2.11.